The third kappa shape index (κ3) is 3.71. The molecule has 5 rings (SSSR count). The summed E-state index contributed by atoms with van der Waals surface area (Å²) < 4.78 is 12.0. The molecule has 31 heavy (non-hydrogen) atoms. The van der Waals surface area contributed by atoms with E-state index in [1.165, 1.54) is 11.8 Å². The molecule has 0 aliphatic heterocycles. The summed E-state index contributed by atoms with van der Waals surface area (Å²) in [5.74, 6) is 0.0711. The van der Waals surface area contributed by atoms with Gasteiger partial charge in [0.05, 0.1) is 5.39 Å². The molecule has 4 nitrogen and oxygen atoms in total. The topological polar surface area (TPSA) is 60.4 Å². The molecule has 0 radical (unpaired) electrons. The number of carbonyl (C=O) groups excluding carboxylic acids is 1. The molecule has 0 fully saturated rings. The zero-order valence-corrected chi connectivity index (χ0v) is 17.1. The molecule has 5 aromatic rings. The van der Waals surface area contributed by atoms with E-state index in [0.717, 1.165) is 4.90 Å². The molecule has 3 aromatic carbocycles. The predicted octanol–water partition coefficient (Wildman–Crippen LogP) is 6.44. The van der Waals surface area contributed by atoms with Gasteiger partial charge in [-0.15, -0.1) is 0 Å². The third-order valence-corrected chi connectivity index (χ3v) is 5.76. The van der Waals surface area contributed by atoms with Crippen LogP contribution < -0.4 is 5.43 Å². The van der Waals surface area contributed by atoms with Gasteiger partial charge in [-0.25, -0.2) is 0 Å². The summed E-state index contributed by atoms with van der Waals surface area (Å²) in [4.78, 5) is 27.6. The molecule has 0 atom stereocenters. The average molecular weight is 424 g/mol. The summed E-state index contributed by atoms with van der Waals surface area (Å²) in [5, 5.41) is 0.992. The summed E-state index contributed by atoms with van der Waals surface area (Å²) in [6.45, 7) is 0. The Kier molecular flexibility index (Phi) is 5.02. The van der Waals surface area contributed by atoms with Crippen LogP contribution in [0.5, 0.6) is 0 Å². The molecular weight excluding hydrogens is 408 g/mol. The summed E-state index contributed by atoms with van der Waals surface area (Å²) in [6, 6.07) is 28.9. The highest BCUT2D eigenvalue weighted by atomic mass is 32.2. The quantitative estimate of drug-likeness (QED) is 0.304. The fraction of sp³-hybridized carbons (Fsp3) is 0. The Morgan fingerprint density at radius 2 is 1.39 bits per heavy atom. The van der Waals surface area contributed by atoms with E-state index in [1.807, 2.05) is 36.4 Å². The van der Waals surface area contributed by atoms with E-state index in [0.29, 0.717) is 27.4 Å². The maximum Gasteiger partial charge on any atom is 0.204 e. The average Bonchev–Trinajstić information content (AvgIpc) is 3.28. The third-order valence-electron chi connectivity index (χ3n) is 4.83. The SMILES string of the molecule is O=C(c1ccccc1)c1c(-c2ccc(Sc3ccccc3)o2)oc2ccccc2c1=O. The van der Waals surface area contributed by atoms with Gasteiger partial charge in [0.15, 0.2) is 16.6 Å². The molecule has 0 aliphatic carbocycles. The molecule has 0 N–H and O–H groups in total. The van der Waals surface area contributed by atoms with Crippen LogP contribution in [0.25, 0.3) is 22.5 Å². The number of ketones is 1. The highest BCUT2D eigenvalue weighted by Crippen LogP contribution is 2.34. The van der Waals surface area contributed by atoms with Gasteiger partial charge >= 0.3 is 0 Å². The Labute approximate surface area is 182 Å². The van der Waals surface area contributed by atoms with E-state index in [-0.39, 0.29) is 16.8 Å². The minimum atomic E-state index is -0.399. The normalized spacial score (nSPS) is 11.0. The number of para-hydroxylation sites is 1. The second-order valence-electron chi connectivity index (χ2n) is 6.86. The molecular formula is C26H16O4S. The number of furan rings is 1. The lowest BCUT2D eigenvalue weighted by Gasteiger charge is -2.08. The van der Waals surface area contributed by atoms with Crippen LogP contribution in [0, 0.1) is 0 Å². The van der Waals surface area contributed by atoms with E-state index in [9.17, 15) is 9.59 Å². The fourth-order valence-corrected chi connectivity index (χ4v) is 4.15. The highest BCUT2D eigenvalue weighted by Gasteiger charge is 2.25. The van der Waals surface area contributed by atoms with E-state index >= 15 is 0 Å². The van der Waals surface area contributed by atoms with Gasteiger partial charge in [0.2, 0.25) is 11.2 Å². The van der Waals surface area contributed by atoms with Crippen molar-refractivity contribution in [1.82, 2.24) is 0 Å². The van der Waals surface area contributed by atoms with Crippen molar-refractivity contribution < 1.29 is 13.6 Å². The van der Waals surface area contributed by atoms with Crippen LogP contribution in [0.2, 0.25) is 0 Å². The molecule has 0 amide bonds. The Bertz CT molecular complexity index is 1430. The summed E-state index contributed by atoms with van der Waals surface area (Å²) >= 11 is 1.45. The number of hydrogen-bond donors (Lipinski definition) is 0. The Morgan fingerprint density at radius 3 is 2.16 bits per heavy atom. The maximum absolute atomic E-state index is 13.3. The smallest absolute Gasteiger partial charge is 0.204 e. The van der Waals surface area contributed by atoms with Crippen LogP contribution >= 0.6 is 11.8 Å². The molecule has 0 bridgehead atoms. The van der Waals surface area contributed by atoms with Crippen molar-refractivity contribution in [2.45, 2.75) is 9.99 Å². The number of fused-ring (bicyclic) bond motifs is 1. The lowest BCUT2D eigenvalue weighted by atomic mass is 9.99. The number of benzene rings is 3. The summed E-state index contributed by atoms with van der Waals surface area (Å²) in [6.07, 6.45) is 0. The van der Waals surface area contributed by atoms with Crippen LogP contribution in [-0.4, -0.2) is 5.78 Å². The first-order valence-corrected chi connectivity index (χ1v) is 10.5. The van der Waals surface area contributed by atoms with E-state index in [4.69, 9.17) is 8.83 Å². The fourth-order valence-electron chi connectivity index (χ4n) is 3.36. The monoisotopic (exact) mass is 424 g/mol. The van der Waals surface area contributed by atoms with Gasteiger partial charge in [-0.3, -0.25) is 9.59 Å². The van der Waals surface area contributed by atoms with Crippen molar-refractivity contribution >= 4 is 28.5 Å². The van der Waals surface area contributed by atoms with E-state index < -0.39 is 5.78 Å². The first kappa shape index (κ1) is 19.2. The van der Waals surface area contributed by atoms with Crippen LogP contribution in [-0.2, 0) is 0 Å². The highest BCUT2D eigenvalue weighted by molar-refractivity contribution is 7.99. The van der Waals surface area contributed by atoms with Crippen molar-refractivity contribution in [3.05, 3.63) is 118 Å². The lowest BCUT2D eigenvalue weighted by Crippen LogP contribution is -2.17. The zero-order chi connectivity index (χ0) is 21.2. The van der Waals surface area contributed by atoms with E-state index in [2.05, 4.69) is 0 Å². The minimum Gasteiger partial charge on any atom is -0.452 e. The molecule has 2 heterocycles. The molecule has 0 saturated carbocycles. The minimum absolute atomic E-state index is 0.0319. The van der Waals surface area contributed by atoms with Crippen molar-refractivity contribution in [1.29, 1.82) is 0 Å². The Balaban J connectivity index is 1.66. The molecule has 150 valence electrons. The molecule has 0 aliphatic rings. The molecule has 0 unspecified atom stereocenters. The maximum atomic E-state index is 13.3. The zero-order valence-electron chi connectivity index (χ0n) is 16.3. The van der Waals surface area contributed by atoms with Gasteiger partial charge in [-0.2, -0.15) is 0 Å². The van der Waals surface area contributed by atoms with Crippen molar-refractivity contribution in [2.75, 3.05) is 0 Å². The Morgan fingerprint density at radius 1 is 0.710 bits per heavy atom. The molecule has 0 saturated heterocycles. The molecule has 2 aromatic heterocycles. The van der Waals surface area contributed by atoms with Gasteiger partial charge in [0, 0.05) is 10.5 Å². The van der Waals surface area contributed by atoms with Gasteiger partial charge in [-0.1, -0.05) is 72.4 Å². The number of carbonyl (C=O) groups is 1. The number of hydrogen-bond acceptors (Lipinski definition) is 5. The van der Waals surface area contributed by atoms with Crippen LogP contribution in [0.3, 0.4) is 0 Å². The van der Waals surface area contributed by atoms with Crippen molar-refractivity contribution in [3.8, 4) is 11.5 Å². The number of rotatable bonds is 5. The summed E-state index contributed by atoms with van der Waals surface area (Å²) in [7, 11) is 0. The van der Waals surface area contributed by atoms with Crippen LogP contribution in [0.4, 0.5) is 0 Å². The van der Waals surface area contributed by atoms with Gasteiger partial charge in [0.25, 0.3) is 0 Å². The van der Waals surface area contributed by atoms with Crippen molar-refractivity contribution in [2.24, 2.45) is 0 Å². The molecule has 5 heteroatoms. The standard InChI is InChI=1S/C26H16O4S/c27-24(17-9-3-1-4-10-17)23-25(28)19-13-7-8-14-20(19)30-26(23)21-15-16-22(29-21)31-18-11-5-2-6-12-18/h1-16H. The van der Waals surface area contributed by atoms with Crippen molar-refractivity contribution in [3.63, 3.8) is 0 Å². The van der Waals surface area contributed by atoms with Gasteiger partial charge in [-0.05, 0) is 36.4 Å². The molecule has 0 spiro atoms. The first-order valence-electron chi connectivity index (χ1n) is 9.69. The lowest BCUT2D eigenvalue weighted by molar-refractivity contribution is 0.103. The first-order chi connectivity index (χ1) is 15.2. The second kappa shape index (κ2) is 8.13. The van der Waals surface area contributed by atoms with Gasteiger partial charge in [0.1, 0.15) is 11.1 Å². The van der Waals surface area contributed by atoms with Crippen LogP contribution in [0.1, 0.15) is 15.9 Å². The van der Waals surface area contributed by atoms with Crippen LogP contribution in [0.15, 0.2) is 121 Å². The Hall–Kier alpha value is -3.83. The van der Waals surface area contributed by atoms with Gasteiger partial charge < -0.3 is 8.83 Å². The predicted molar refractivity (Wildman–Crippen MR) is 121 cm³/mol. The largest absolute Gasteiger partial charge is 0.452 e. The van der Waals surface area contributed by atoms with E-state index in [1.54, 1.807) is 60.7 Å². The summed E-state index contributed by atoms with van der Waals surface area (Å²) in [5.41, 5.74) is 0.410. The second-order valence-corrected chi connectivity index (χ2v) is 7.94.